The standard InChI is InChI=1S/C2H7NS/c1-2(3)4/h2,4H,3H2,1H3/t2-/m1/s1. The number of nitrogens with two attached hydrogens (primary N) is 1. The van der Waals surface area contributed by atoms with Crippen molar-refractivity contribution >= 4 is 12.6 Å². The Kier molecular flexibility index (Phi) is 1.74. The highest BCUT2D eigenvalue weighted by atomic mass is 32.1. The lowest BCUT2D eigenvalue weighted by molar-refractivity contribution is 1.06. The van der Waals surface area contributed by atoms with Crippen molar-refractivity contribution < 1.29 is 0 Å². The van der Waals surface area contributed by atoms with E-state index in [4.69, 9.17) is 5.73 Å². The molecule has 0 rings (SSSR count). The van der Waals surface area contributed by atoms with Gasteiger partial charge in [0, 0.05) is 5.37 Å². The lowest BCUT2D eigenvalue weighted by atomic mass is 10.8. The highest BCUT2D eigenvalue weighted by Gasteiger charge is 1.68. The van der Waals surface area contributed by atoms with Gasteiger partial charge in [0.25, 0.3) is 0 Å². The largest absolute Gasteiger partial charge is 0.320 e. The van der Waals surface area contributed by atoms with Gasteiger partial charge in [-0.1, -0.05) is 0 Å². The zero-order valence-corrected chi connectivity index (χ0v) is 3.50. The van der Waals surface area contributed by atoms with Gasteiger partial charge in [-0.15, -0.1) is 0 Å². The fourth-order valence-electron chi connectivity index (χ4n) is 0. The second-order valence-electron chi connectivity index (χ2n) is 0.741. The molecule has 0 aliphatic heterocycles. The molecule has 0 heterocycles. The van der Waals surface area contributed by atoms with Crippen LogP contribution < -0.4 is 5.73 Å². The van der Waals surface area contributed by atoms with E-state index in [-0.39, 0.29) is 5.37 Å². The summed E-state index contributed by atoms with van der Waals surface area (Å²) in [6.07, 6.45) is 0. The predicted octanol–water partition coefficient (Wildman–Crippen LogP) is 0.221. The van der Waals surface area contributed by atoms with Crippen molar-refractivity contribution in [2.45, 2.75) is 12.3 Å². The van der Waals surface area contributed by atoms with Gasteiger partial charge in [0.2, 0.25) is 0 Å². The van der Waals surface area contributed by atoms with Crippen molar-refractivity contribution in [3.8, 4) is 0 Å². The molecule has 0 aliphatic rings. The van der Waals surface area contributed by atoms with Crippen LogP contribution >= 0.6 is 12.6 Å². The molecule has 0 aromatic heterocycles. The summed E-state index contributed by atoms with van der Waals surface area (Å²) in [5, 5.41) is 0.0278. The van der Waals surface area contributed by atoms with Crippen LogP contribution in [0.4, 0.5) is 0 Å². The molecule has 1 nitrogen and oxygen atoms in total. The van der Waals surface area contributed by atoms with E-state index >= 15 is 0 Å². The Morgan fingerprint density at radius 3 is 2.00 bits per heavy atom. The Bertz CT molecular complexity index is 10.8. The molecular weight excluding hydrogens is 70.1 g/mol. The molecule has 0 aromatic rings. The normalized spacial score (nSPS) is 15.8. The molecule has 0 saturated carbocycles. The van der Waals surface area contributed by atoms with Gasteiger partial charge in [-0.3, -0.25) is 0 Å². The summed E-state index contributed by atoms with van der Waals surface area (Å²) in [5.74, 6) is 0. The van der Waals surface area contributed by atoms with Gasteiger partial charge in [-0.05, 0) is 6.92 Å². The second-order valence-corrected chi connectivity index (χ2v) is 1.56. The smallest absolute Gasteiger partial charge is 0.0448 e. The van der Waals surface area contributed by atoms with Crippen LogP contribution in [0.15, 0.2) is 0 Å². The lowest BCUT2D eigenvalue weighted by Gasteiger charge is -1.80. The Balaban J connectivity index is 2.32. The van der Waals surface area contributed by atoms with Crippen LogP contribution in [0.3, 0.4) is 0 Å². The molecule has 0 bridgehead atoms. The number of hydrogen-bond acceptors (Lipinski definition) is 2. The van der Waals surface area contributed by atoms with E-state index in [9.17, 15) is 0 Å². The fourth-order valence-corrected chi connectivity index (χ4v) is 0. The maximum atomic E-state index is 4.98. The van der Waals surface area contributed by atoms with Gasteiger partial charge >= 0.3 is 0 Å². The van der Waals surface area contributed by atoms with Gasteiger partial charge in [0.15, 0.2) is 0 Å². The zero-order valence-electron chi connectivity index (χ0n) is 2.60. The molecule has 0 fully saturated rings. The van der Waals surface area contributed by atoms with E-state index < -0.39 is 0 Å². The predicted molar refractivity (Wildman–Crippen MR) is 22.6 cm³/mol. The summed E-state index contributed by atoms with van der Waals surface area (Å²) in [4.78, 5) is 0. The molecule has 2 heteroatoms. The van der Waals surface area contributed by atoms with Crippen LogP contribution in [-0.4, -0.2) is 5.37 Å². The third-order valence-electron chi connectivity index (χ3n) is 0. The van der Waals surface area contributed by atoms with E-state index in [2.05, 4.69) is 12.6 Å². The maximum Gasteiger partial charge on any atom is 0.0448 e. The van der Waals surface area contributed by atoms with Crippen molar-refractivity contribution in [2.75, 3.05) is 0 Å². The first kappa shape index (κ1) is 4.31. The minimum absolute atomic E-state index is 0.0278. The molecule has 0 radical (unpaired) electrons. The number of thiol groups is 1. The van der Waals surface area contributed by atoms with Crippen molar-refractivity contribution in [3.63, 3.8) is 0 Å². The van der Waals surface area contributed by atoms with Crippen LogP contribution in [-0.2, 0) is 0 Å². The van der Waals surface area contributed by atoms with Crippen molar-refractivity contribution in [1.82, 2.24) is 0 Å². The Morgan fingerprint density at radius 1 is 2.00 bits per heavy atom. The van der Waals surface area contributed by atoms with E-state index in [0.717, 1.165) is 0 Å². The minimum Gasteiger partial charge on any atom is -0.320 e. The first-order valence-electron chi connectivity index (χ1n) is 1.17. The summed E-state index contributed by atoms with van der Waals surface area (Å²) >= 11 is 3.74. The molecule has 0 aliphatic carbocycles. The highest BCUT2D eigenvalue weighted by molar-refractivity contribution is 7.80. The van der Waals surface area contributed by atoms with Crippen LogP contribution in [0.25, 0.3) is 0 Å². The summed E-state index contributed by atoms with van der Waals surface area (Å²) in [6, 6.07) is 0. The Labute approximate surface area is 31.6 Å². The number of rotatable bonds is 0. The molecule has 1 atom stereocenters. The first-order valence-corrected chi connectivity index (χ1v) is 1.69. The molecule has 0 unspecified atom stereocenters. The van der Waals surface area contributed by atoms with Crippen molar-refractivity contribution in [3.05, 3.63) is 0 Å². The molecule has 0 amide bonds. The van der Waals surface area contributed by atoms with Crippen LogP contribution in [0.5, 0.6) is 0 Å². The van der Waals surface area contributed by atoms with Crippen LogP contribution in [0, 0.1) is 0 Å². The van der Waals surface area contributed by atoms with Gasteiger partial charge in [0.05, 0.1) is 0 Å². The topological polar surface area (TPSA) is 26.0 Å². The van der Waals surface area contributed by atoms with Crippen LogP contribution in [0.2, 0.25) is 0 Å². The van der Waals surface area contributed by atoms with E-state index in [0.29, 0.717) is 0 Å². The van der Waals surface area contributed by atoms with Crippen LogP contribution in [0.1, 0.15) is 6.92 Å². The average Bonchev–Trinajstić information content (AvgIpc) is 0.811. The second kappa shape index (κ2) is 1.61. The quantitative estimate of drug-likeness (QED) is 0.314. The van der Waals surface area contributed by atoms with Gasteiger partial charge in [0.1, 0.15) is 0 Å². The Hall–Kier alpha value is 0.310. The minimum atomic E-state index is 0.0278. The third kappa shape index (κ3) is 41.3. The molecular formula is C2H7NS. The Morgan fingerprint density at radius 2 is 2.00 bits per heavy atom. The first-order chi connectivity index (χ1) is 1.73. The molecule has 26 valence electrons. The SMILES string of the molecule is C[C@H](N)S. The molecule has 0 saturated heterocycles. The summed E-state index contributed by atoms with van der Waals surface area (Å²) in [7, 11) is 0. The molecule has 4 heavy (non-hydrogen) atoms. The molecule has 0 aromatic carbocycles. The third-order valence-corrected chi connectivity index (χ3v) is 0. The summed E-state index contributed by atoms with van der Waals surface area (Å²) in [6.45, 7) is 1.81. The van der Waals surface area contributed by atoms with Crippen molar-refractivity contribution in [1.29, 1.82) is 0 Å². The fraction of sp³-hybridized carbons (Fsp3) is 1.00. The lowest BCUT2D eigenvalue weighted by Crippen LogP contribution is -2.03. The van der Waals surface area contributed by atoms with E-state index in [1.54, 1.807) is 0 Å². The summed E-state index contributed by atoms with van der Waals surface area (Å²) in [5.41, 5.74) is 4.98. The maximum absolute atomic E-state index is 4.98. The zero-order chi connectivity index (χ0) is 3.58. The molecule has 2 N–H and O–H groups in total. The van der Waals surface area contributed by atoms with E-state index in [1.165, 1.54) is 0 Å². The molecule has 0 spiro atoms. The number of hydrogen-bond donors (Lipinski definition) is 2. The van der Waals surface area contributed by atoms with Crippen molar-refractivity contribution in [2.24, 2.45) is 5.73 Å². The summed E-state index contributed by atoms with van der Waals surface area (Å²) < 4.78 is 0. The van der Waals surface area contributed by atoms with Gasteiger partial charge < -0.3 is 5.73 Å². The average molecular weight is 77.2 g/mol. The van der Waals surface area contributed by atoms with Gasteiger partial charge in [-0.25, -0.2) is 0 Å². The highest BCUT2D eigenvalue weighted by Crippen LogP contribution is 1.72. The van der Waals surface area contributed by atoms with E-state index in [1.807, 2.05) is 6.92 Å². The monoisotopic (exact) mass is 77.0 g/mol. The van der Waals surface area contributed by atoms with Gasteiger partial charge in [-0.2, -0.15) is 12.6 Å².